The van der Waals surface area contributed by atoms with Gasteiger partial charge in [-0.25, -0.2) is 0 Å². The van der Waals surface area contributed by atoms with Crippen LogP contribution < -0.4 is 10.2 Å². The maximum atomic E-state index is 10.6. The zero-order chi connectivity index (χ0) is 11.3. The molecule has 0 saturated carbocycles. The zero-order valence-electron chi connectivity index (χ0n) is 8.52. The lowest BCUT2D eigenvalue weighted by atomic mass is 10.2. The highest BCUT2D eigenvalue weighted by Gasteiger charge is 2.14. The molecule has 1 aromatic carbocycles. The smallest absolute Gasteiger partial charge is 0.311 e. The molecule has 15 heavy (non-hydrogen) atoms. The van der Waals surface area contributed by atoms with Gasteiger partial charge in [-0.15, -0.1) is 0 Å². The zero-order valence-corrected chi connectivity index (χ0v) is 8.52. The molecule has 1 N–H and O–H groups in total. The molecular weight excluding hydrogens is 200 g/mol. The molecule has 0 aliphatic rings. The Kier molecular flexibility index (Phi) is 3.87. The van der Waals surface area contributed by atoms with Crippen LogP contribution in [-0.2, 0) is 4.84 Å². The van der Waals surface area contributed by atoms with E-state index in [9.17, 15) is 10.1 Å². The predicted molar refractivity (Wildman–Crippen MR) is 54.9 cm³/mol. The molecule has 6 heteroatoms. The van der Waals surface area contributed by atoms with Gasteiger partial charge in [0.05, 0.1) is 24.3 Å². The fraction of sp³-hybridized carbons (Fsp3) is 0.333. The van der Waals surface area contributed by atoms with Crippen LogP contribution in [0.4, 0.5) is 11.4 Å². The third-order valence-corrected chi connectivity index (χ3v) is 1.71. The van der Waals surface area contributed by atoms with Gasteiger partial charge in [-0.3, -0.25) is 20.4 Å². The van der Waals surface area contributed by atoms with E-state index in [-0.39, 0.29) is 11.4 Å². The molecular formula is C9H12N2O4. The van der Waals surface area contributed by atoms with Gasteiger partial charge >= 0.3 is 5.69 Å². The molecule has 0 amide bonds. The van der Waals surface area contributed by atoms with Crippen LogP contribution in [0.5, 0.6) is 5.75 Å². The van der Waals surface area contributed by atoms with Gasteiger partial charge in [0.15, 0.2) is 5.75 Å². The van der Waals surface area contributed by atoms with Crippen molar-refractivity contribution >= 4 is 11.4 Å². The van der Waals surface area contributed by atoms with Crippen molar-refractivity contribution < 1.29 is 14.5 Å². The molecule has 0 atom stereocenters. The van der Waals surface area contributed by atoms with Gasteiger partial charge in [0.25, 0.3) is 0 Å². The molecule has 0 bridgehead atoms. The molecule has 0 aliphatic carbocycles. The first-order valence-electron chi connectivity index (χ1n) is 4.39. The Balaban J connectivity index is 2.92. The van der Waals surface area contributed by atoms with Gasteiger partial charge < -0.3 is 4.74 Å². The first kappa shape index (κ1) is 11.3. The summed E-state index contributed by atoms with van der Waals surface area (Å²) in [5.74, 6) is 0.199. The SMILES string of the molecule is CCONc1ccc([N+](=O)[O-])c(OC)c1. The highest BCUT2D eigenvalue weighted by Crippen LogP contribution is 2.29. The van der Waals surface area contributed by atoms with Gasteiger partial charge in [-0.05, 0) is 13.0 Å². The molecule has 0 saturated heterocycles. The third-order valence-electron chi connectivity index (χ3n) is 1.71. The number of hydrogen-bond donors (Lipinski definition) is 1. The fourth-order valence-electron chi connectivity index (χ4n) is 1.05. The maximum Gasteiger partial charge on any atom is 0.311 e. The number of hydrogen-bond acceptors (Lipinski definition) is 5. The Morgan fingerprint density at radius 1 is 1.53 bits per heavy atom. The van der Waals surface area contributed by atoms with Crippen LogP contribution in [0.25, 0.3) is 0 Å². The van der Waals surface area contributed by atoms with Crippen molar-refractivity contribution in [3.63, 3.8) is 0 Å². The van der Waals surface area contributed by atoms with Gasteiger partial charge in [-0.1, -0.05) is 0 Å². The lowest BCUT2D eigenvalue weighted by molar-refractivity contribution is -0.385. The number of nitrogens with one attached hydrogen (secondary N) is 1. The van der Waals surface area contributed by atoms with Gasteiger partial charge in [0.1, 0.15) is 0 Å². The number of anilines is 1. The molecule has 0 unspecified atom stereocenters. The van der Waals surface area contributed by atoms with E-state index in [0.717, 1.165) is 0 Å². The topological polar surface area (TPSA) is 73.6 Å². The molecule has 82 valence electrons. The average molecular weight is 212 g/mol. The first-order chi connectivity index (χ1) is 7.19. The van der Waals surface area contributed by atoms with Crippen molar-refractivity contribution in [2.45, 2.75) is 6.92 Å². The van der Waals surface area contributed by atoms with Gasteiger partial charge in [-0.2, -0.15) is 0 Å². The average Bonchev–Trinajstić information content (AvgIpc) is 2.25. The van der Waals surface area contributed by atoms with Crippen LogP contribution >= 0.6 is 0 Å². The van der Waals surface area contributed by atoms with Crippen molar-refractivity contribution in [2.24, 2.45) is 0 Å². The number of nitro groups is 1. The quantitative estimate of drug-likeness (QED) is 0.596. The fourth-order valence-corrected chi connectivity index (χ4v) is 1.05. The highest BCUT2D eigenvalue weighted by molar-refractivity contribution is 5.57. The van der Waals surface area contributed by atoms with Crippen molar-refractivity contribution in [1.29, 1.82) is 0 Å². The van der Waals surface area contributed by atoms with Crippen LogP contribution in [-0.4, -0.2) is 18.6 Å². The predicted octanol–water partition coefficient (Wildman–Crippen LogP) is 1.97. The Labute approximate surface area is 86.9 Å². The van der Waals surface area contributed by atoms with E-state index >= 15 is 0 Å². The molecule has 1 aromatic rings. The second kappa shape index (κ2) is 5.16. The lowest BCUT2D eigenvalue weighted by Gasteiger charge is -2.07. The second-order valence-electron chi connectivity index (χ2n) is 2.68. The van der Waals surface area contributed by atoms with E-state index in [4.69, 9.17) is 9.57 Å². The number of nitro benzene ring substituents is 1. The molecule has 0 fully saturated rings. The normalized spacial score (nSPS) is 9.73. The molecule has 0 aromatic heterocycles. The molecule has 0 heterocycles. The number of rotatable bonds is 5. The van der Waals surface area contributed by atoms with E-state index in [0.29, 0.717) is 12.3 Å². The summed E-state index contributed by atoms with van der Waals surface area (Å²) in [7, 11) is 1.38. The second-order valence-corrected chi connectivity index (χ2v) is 2.68. The Morgan fingerprint density at radius 2 is 2.27 bits per heavy atom. The Bertz CT molecular complexity index is 354. The monoisotopic (exact) mass is 212 g/mol. The number of methoxy groups -OCH3 is 1. The highest BCUT2D eigenvalue weighted by atomic mass is 16.6. The molecule has 0 aliphatic heterocycles. The summed E-state index contributed by atoms with van der Waals surface area (Å²) in [5, 5.41) is 10.6. The number of benzene rings is 1. The van der Waals surface area contributed by atoms with E-state index in [1.54, 1.807) is 6.07 Å². The summed E-state index contributed by atoms with van der Waals surface area (Å²) in [6, 6.07) is 4.42. The van der Waals surface area contributed by atoms with Crippen LogP contribution in [0.2, 0.25) is 0 Å². The van der Waals surface area contributed by atoms with Crippen molar-refractivity contribution in [1.82, 2.24) is 0 Å². The molecule has 0 spiro atoms. The summed E-state index contributed by atoms with van der Waals surface area (Å²) in [6.45, 7) is 2.33. The van der Waals surface area contributed by atoms with E-state index < -0.39 is 4.92 Å². The van der Waals surface area contributed by atoms with Crippen LogP contribution in [0.1, 0.15) is 6.92 Å². The van der Waals surface area contributed by atoms with E-state index in [1.807, 2.05) is 6.92 Å². The van der Waals surface area contributed by atoms with Crippen LogP contribution in [0, 0.1) is 10.1 Å². The maximum absolute atomic E-state index is 10.6. The van der Waals surface area contributed by atoms with Crippen LogP contribution in [0.15, 0.2) is 18.2 Å². The Morgan fingerprint density at radius 3 is 2.80 bits per heavy atom. The standard InChI is InChI=1S/C9H12N2O4/c1-3-15-10-7-4-5-8(11(12)13)9(6-7)14-2/h4-6,10H,3H2,1-2H3. The largest absolute Gasteiger partial charge is 0.490 e. The third kappa shape index (κ3) is 2.81. The summed E-state index contributed by atoms with van der Waals surface area (Å²) in [6.07, 6.45) is 0. The summed E-state index contributed by atoms with van der Waals surface area (Å²) < 4.78 is 4.89. The minimum absolute atomic E-state index is 0.0699. The summed E-state index contributed by atoms with van der Waals surface area (Å²) in [4.78, 5) is 15.0. The minimum atomic E-state index is -0.497. The van der Waals surface area contributed by atoms with Crippen molar-refractivity contribution in [3.05, 3.63) is 28.3 Å². The number of nitrogens with zero attached hydrogens (tertiary/aromatic N) is 1. The van der Waals surface area contributed by atoms with Crippen molar-refractivity contribution in [3.8, 4) is 5.75 Å². The molecule has 1 rings (SSSR count). The summed E-state index contributed by atoms with van der Waals surface area (Å²) >= 11 is 0. The number of ether oxygens (including phenoxy) is 1. The minimum Gasteiger partial charge on any atom is -0.490 e. The van der Waals surface area contributed by atoms with E-state index in [1.165, 1.54) is 19.2 Å². The van der Waals surface area contributed by atoms with E-state index in [2.05, 4.69) is 5.48 Å². The first-order valence-corrected chi connectivity index (χ1v) is 4.39. The van der Waals surface area contributed by atoms with Gasteiger partial charge in [0, 0.05) is 12.1 Å². The molecule has 6 nitrogen and oxygen atoms in total. The van der Waals surface area contributed by atoms with Gasteiger partial charge in [0.2, 0.25) is 0 Å². The van der Waals surface area contributed by atoms with Crippen molar-refractivity contribution in [2.75, 3.05) is 19.2 Å². The summed E-state index contributed by atoms with van der Waals surface area (Å²) in [5.41, 5.74) is 3.17. The molecule has 0 radical (unpaired) electrons. The lowest BCUT2D eigenvalue weighted by Crippen LogP contribution is -2.01. The van der Waals surface area contributed by atoms with Crippen LogP contribution in [0.3, 0.4) is 0 Å². The Hall–Kier alpha value is -1.82.